The van der Waals surface area contributed by atoms with Crippen LogP contribution < -0.4 is 16.8 Å². The lowest BCUT2D eigenvalue weighted by molar-refractivity contribution is -0.129. The number of unbranched alkanes of at least 4 members (excludes halogenated alkanes) is 1. The Balaban J connectivity index is 4.24. The third kappa shape index (κ3) is 5.11. The van der Waals surface area contributed by atoms with Crippen LogP contribution in [0.4, 0.5) is 0 Å². The van der Waals surface area contributed by atoms with Gasteiger partial charge in [-0.3, -0.25) is 9.59 Å². The summed E-state index contributed by atoms with van der Waals surface area (Å²) in [4.78, 5) is 22.7. The van der Waals surface area contributed by atoms with Gasteiger partial charge in [-0.25, -0.2) is 0 Å². The molecule has 0 spiro atoms. The number of carbonyl (C=O) groups excluding carboxylic acids is 2. The van der Waals surface area contributed by atoms with Gasteiger partial charge in [-0.2, -0.15) is 0 Å². The van der Waals surface area contributed by atoms with E-state index in [2.05, 4.69) is 5.32 Å². The molecule has 5 nitrogen and oxygen atoms in total. The minimum Gasteiger partial charge on any atom is -0.368 e. The second kappa shape index (κ2) is 7.22. The summed E-state index contributed by atoms with van der Waals surface area (Å²) in [7, 11) is 0. The van der Waals surface area contributed by atoms with Gasteiger partial charge in [0.05, 0.1) is 6.04 Å². The van der Waals surface area contributed by atoms with E-state index in [4.69, 9.17) is 11.5 Å². The third-order valence-corrected chi connectivity index (χ3v) is 2.48. The highest BCUT2D eigenvalue weighted by atomic mass is 16.2. The molecule has 0 bridgehead atoms. The molecule has 0 radical (unpaired) electrons. The van der Waals surface area contributed by atoms with Crippen molar-refractivity contribution >= 4 is 11.8 Å². The van der Waals surface area contributed by atoms with Gasteiger partial charge in [0, 0.05) is 0 Å². The minimum atomic E-state index is -0.639. The monoisotopic (exact) mass is 229 g/mol. The van der Waals surface area contributed by atoms with Crippen LogP contribution in [0.3, 0.4) is 0 Å². The largest absolute Gasteiger partial charge is 0.368 e. The molecule has 1 unspecified atom stereocenters. The molecule has 0 saturated carbocycles. The van der Waals surface area contributed by atoms with Gasteiger partial charge < -0.3 is 16.8 Å². The van der Waals surface area contributed by atoms with Crippen molar-refractivity contribution in [3.63, 3.8) is 0 Å². The molecule has 0 aromatic heterocycles. The first-order chi connectivity index (χ1) is 7.40. The Morgan fingerprint density at radius 3 is 2.25 bits per heavy atom. The van der Waals surface area contributed by atoms with Gasteiger partial charge in [-0.1, -0.05) is 33.6 Å². The van der Waals surface area contributed by atoms with Crippen molar-refractivity contribution in [2.45, 2.75) is 52.1 Å². The van der Waals surface area contributed by atoms with Gasteiger partial charge in [0.2, 0.25) is 11.8 Å². The number of rotatable bonds is 7. The highest BCUT2D eigenvalue weighted by Gasteiger charge is 2.23. The van der Waals surface area contributed by atoms with Crippen molar-refractivity contribution in [1.82, 2.24) is 5.32 Å². The maximum absolute atomic E-state index is 11.6. The Kier molecular flexibility index (Phi) is 6.72. The minimum absolute atomic E-state index is 0.0279. The maximum atomic E-state index is 11.6. The van der Waals surface area contributed by atoms with E-state index in [0.717, 1.165) is 12.8 Å². The van der Waals surface area contributed by atoms with Gasteiger partial charge in [-0.05, 0) is 12.3 Å². The average molecular weight is 229 g/mol. The summed E-state index contributed by atoms with van der Waals surface area (Å²) in [6.07, 6.45) is 2.52. The molecule has 94 valence electrons. The third-order valence-electron chi connectivity index (χ3n) is 2.48. The molecule has 0 aromatic rings. The molecular formula is C11H23N3O2. The molecule has 5 heteroatoms. The second-order valence-electron chi connectivity index (χ2n) is 4.38. The molecular weight excluding hydrogens is 206 g/mol. The zero-order chi connectivity index (χ0) is 12.7. The van der Waals surface area contributed by atoms with Crippen molar-refractivity contribution in [2.24, 2.45) is 17.4 Å². The highest BCUT2D eigenvalue weighted by molar-refractivity contribution is 5.89. The van der Waals surface area contributed by atoms with Crippen LogP contribution in [0.1, 0.15) is 40.0 Å². The molecule has 2 atom stereocenters. The van der Waals surface area contributed by atoms with Crippen molar-refractivity contribution in [2.75, 3.05) is 0 Å². The second-order valence-corrected chi connectivity index (χ2v) is 4.38. The zero-order valence-electron chi connectivity index (χ0n) is 10.3. The Bertz CT molecular complexity index is 241. The van der Waals surface area contributed by atoms with Crippen LogP contribution in [0.15, 0.2) is 0 Å². The van der Waals surface area contributed by atoms with Crippen molar-refractivity contribution in [1.29, 1.82) is 0 Å². The number of primary amides is 1. The fourth-order valence-corrected chi connectivity index (χ4v) is 1.38. The topological polar surface area (TPSA) is 98.2 Å². The van der Waals surface area contributed by atoms with E-state index < -0.39 is 18.0 Å². The average Bonchev–Trinajstić information content (AvgIpc) is 2.20. The Morgan fingerprint density at radius 2 is 1.88 bits per heavy atom. The summed E-state index contributed by atoms with van der Waals surface area (Å²) in [5, 5.41) is 2.59. The SMILES string of the molecule is CCCC[C@H](N)C(=O)NC(C(N)=O)C(C)C. The summed E-state index contributed by atoms with van der Waals surface area (Å²) in [6.45, 7) is 5.69. The number of hydrogen-bond acceptors (Lipinski definition) is 3. The predicted octanol–water partition coefficient (Wildman–Crippen LogP) is 0.130. The molecule has 0 saturated heterocycles. The van der Waals surface area contributed by atoms with Gasteiger partial charge in [0.15, 0.2) is 0 Å². The molecule has 5 N–H and O–H groups in total. The van der Waals surface area contributed by atoms with Gasteiger partial charge in [0.1, 0.15) is 6.04 Å². The van der Waals surface area contributed by atoms with Crippen LogP contribution in [-0.4, -0.2) is 23.9 Å². The zero-order valence-corrected chi connectivity index (χ0v) is 10.3. The molecule has 0 rings (SSSR count). The van der Waals surface area contributed by atoms with Crippen LogP contribution >= 0.6 is 0 Å². The lowest BCUT2D eigenvalue weighted by atomic mass is 10.0. The Morgan fingerprint density at radius 1 is 1.31 bits per heavy atom. The van der Waals surface area contributed by atoms with E-state index in [1.165, 1.54) is 0 Å². The van der Waals surface area contributed by atoms with Crippen molar-refractivity contribution in [3.05, 3.63) is 0 Å². The van der Waals surface area contributed by atoms with Gasteiger partial charge >= 0.3 is 0 Å². The molecule has 0 aliphatic carbocycles. The van der Waals surface area contributed by atoms with E-state index in [0.29, 0.717) is 6.42 Å². The number of nitrogens with one attached hydrogen (secondary N) is 1. The number of nitrogens with two attached hydrogens (primary N) is 2. The standard InChI is InChI=1S/C11H23N3O2/c1-4-5-6-8(12)11(16)14-9(7(2)3)10(13)15/h7-9H,4-6,12H2,1-3H3,(H2,13,15)(H,14,16)/t8-,9?/m0/s1. The van der Waals surface area contributed by atoms with E-state index >= 15 is 0 Å². The fraction of sp³-hybridized carbons (Fsp3) is 0.818. The van der Waals surface area contributed by atoms with E-state index in [-0.39, 0.29) is 11.8 Å². The molecule has 0 heterocycles. The Hall–Kier alpha value is -1.10. The van der Waals surface area contributed by atoms with Crippen LogP contribution in [0, 0.1) is 5.92 Å². The normalized spacial score (nSPS) is 14.6. The fourth-order valence-electron chi connectivity index (χ4n) is 1.38. The first kappa shape index (κ1) is 14.9. The van der Waals surface area contributed by atoms with Crippen LogP contribution in [0.2, 0.25) is 0 Å². The quantitative estimate of drug-likeness (QED) is 0.578. The molecule has 0 fully saturated rings. The van der Waals surface area contributed by atoms with Crippen molar-refractivity contribution < 1.29 is 9.59 Å². The van der Waals surface area contributed by atoms with Crippen LogP contribution in [0.5, 0.6) is 0 Å². The molecule has 0 aromatic carbocycles. The number of hydrogen-bond donors (Lipinski definition) is 3. The molecule has 16 heavy (non-hydrogen) atoms. The van der Waals surface area contributed by atoms with E-state index in [9.17, 15) is 9.59 Å². The molecule has 2 amide bonds. The van der Waals surface area contributed by atoms with E-state index in [1.807, 2.05) is 20.8 Å². The van der Waals surface area contributed by atoms with Crippen LogP contribution in [0.25, 0.3) is 0 Å². The number of amides is 2. The summed E-state index contributed by atoms with van der Waals surface area (Å²) in [6, 6.07) is -1.19. The maximum Gasteiger partial charge on any atom is 0.240 e. The molecule has 0 aliphatic heterocycles. The number of carbonyl (C=O) groups is 2. The summed E-state index contributed by atoms with van der Waals surface area (Å²) >= 11 is 0. The highest BCUT2D eigenvalue weighted by Crippen LogP contribution is 2.03. The first-order valence-corrected chi connectivity index (χ1v) is 5.75. The summed E-state index contributed by atoms with van der Waals surface area (Å²) in [5.74, 6) is -0.850. The summed E-state index contributed by atoms with van der Waals surface area (Å²) in [5.41, 5.74) is 10.9. The van der Waals surface area contributed by atoms with Crippen molar-refractivity contribution in [3.8, 4) is 0 Å². The smallest absolute Gasteiger partial charge is 0.240 e. The first-order valence-electron chi connectivity index (χ1n) is 5.75. The summed E-state index contributed by atoms with van der Waals surface area (Å²) < 4.78 is 0. The van der Waals surface area contributed by atoms with Gasteiger partial charge in [0.25, 0.3) is 0 Å². The van der Waals surface area contributed by atoms with Gasteiger partial charge in [-0.15, -0.1) is 0 Å². The van der Waals surface area contributed by atoms with Crippen LogP contribution in [-0.2, 0) is 9.59 Å². The predicted molar refractivity (Wildman–Crippen MR) is 63.5 cm³/mol. The molecule has 0 aliphatic rings. The Labute approximate surface area is 96.9 Å². The lowest BCUT2D eigenvalue weighted by Crippen LogP contribution is -2.52. The van der Waals surface area contributed by atoms with E-state index in [1.54, 1.807) is 0 Å². The lowest BCUT2D eigenvalue weighted by Gasteiger charge is -2.21.